The lowest BCUT2D eigenvalue weighted by atomic mass is 10.1. The van der Waals surface area contributed by atoms with E-state index in [9.17, 15) is 35.3 Å². The molecule has 0 saturated carbocycles. The Morgan fingerprint density at radius 3 is 1.90 bits per heavy atom. The van der Waals surface area contributed by atoms with Crippen LogP contribution < -0.4 is 4.74 Å². The van der Waals surface area contributed by atoms with Gasteiger partial charge in [0, 0.05) is 0 Å². The minimum Gasteiger partial charge on any atom is -0.744 e. The van der Waals surface area contributed by atoms with Gasteiger partial charge in [-0.2, -0.15) is 8.78 Å². The molecule has 1 rings (SSSR count). The summed E-state index contributed by atoms with van der Waals surface area (Å²) in [7, 11) is -5.80. The average molecular weight is 329 g/mol. The zero-order valence-corrected chi connectivity index (χ0v) is 11.6. The van der Waals surface area contributed by atoms with Crippen LogP contribution in [0.1, 0.15) is 20.3 Å². The molecule has 0 amide bonds. The standard InChI is InChI=1S/C11H10F4O5S/c1-3-4(2)11(16)20-9-5(12)7(14)10(21(17,18)19)8(15)6(9)13/h4H,3H2,1-2H3,(H,17,18,19)/p-1. The predicted octanol–water partition coefficient (Wildman–Crippen LogP) is 2.10. The van der Waals surface area contributed by atoms with E-state index in [1.807, 2.05) is 0 Å². The second kappa shape index (κ2) is 5.98. The molecule has 0 aromatic heterocycles. The first-order valence-electron chi connectivity index (χ1n) is 5.55. The van der Waals surface area contributed by atoms with Crippen molar-refractivity contribution < 1.29 is 40.1 Å². The predicted molar refractivity (Wildman–Crippen MR) is 59.3 cm³/mol. The van der Waals surface area contributed by atoms with Gasteiger partial charge < -0.3 is 9.29 Å². The molecule has 10 heteroatoms. The number of halogens is 4. The molecule has 0 saturated heterocycles. The summed E-state index contributed by atoms with van der Waals surface area (Å²) in [4.78, 5) is 9.07. The van der Waals surface area contributed by atoms with Crippen LogP contribution >= 0.6 is 0 Å². The van der Waals surface area contributed by atoms with Gasteiger partial charge in [-0.05, 0) is 6.42 Å². The van der Waals surface area contributed by atoms with E-state index in [4.69, 9.17) is 0 Å². The van der Waals surface area contributed by atoms with Gasteiger partial charge in [0.1, 0.15) is 15.0 Å². The molecule has 0 aliphatic heterocycles. The molecule has 0 N–H and O–H groups in total. The van der Waals surface area contributed by atoms with Crippen molar-refractivity contribution in [1.29, 1.82) is 0 Å². The average Bonchev–Trinajstić information content (AvgIpc) is 2.38. The Bertz CT molecular complexity index is 657. The smallest absolute Gasteiger partial charge is 0.314 e. The number of carbonyl (C=O) groups excluding carboxylic acids is 1. The van der Waals surface area contributed by atoms with Crippen LogP contribution in [0.3, 0.4) is 0 Å². The van der Waals surface area contributed by atoms with Crippen LogP contribution in [-0.4, -0.2) is 18.9 Å². The summed E-state index contributed by atoms with van der Waals surface area (Å²) in [6, 6.07) is 0. The lowest BCUT2D eigenvalue weighted by Gasteiger charge is -2.15. The number of hydrogen-bond donors (Lipinski definition) is 0. The van der Waals surface area contributed by atoms with E-state index in [0.29, 0.717) is 0 Å². The summed E-state index contributed by atoms with van der Waals surface area (Å²) in [5.74, 6) is -13.2. The van der Waals surface area contributed by atoms with Gasteiger partial charge in [-0.3, -0.25) is 4.79 Å². The van der Waals surface area contributed by atoms with Crippen molar-refractivity contribution in [3.05, 3.63) is 23.3 Å². The zero-order chi connectivity index (χ0) is 16.5. The third-order valence-corrected chi connectivity index (χ3v) is 3.51. The fourth-order valence-corrected chi connectivity index (χ4v) is 1.89. The molecule has 5 nitrogen and oxygen atoms in total. The van der Waals surface area contributed by atoms with Crippen molar-refractivity contribution in [3.63, 3.8) is 0 Å². The molecule has 0 radical (unpaired) electrons. The molecular formula is C11H9F4O5S-. The number of benzene rings is 1. The van der Waals surface area contributed by atoms with Crippen LogP contribution in [0.15, 0.2) is 4.90 Å². The van der Waals surface area contributed by atoms with Gasteiger partial charge in [0.05, 0.1) is 5.92 Å². The van der Waals surface area contributed by atoms with Crippen LogP contribution in [0.4, 0.5) is 17.6 Å². The maximum Gasteiger partial charge on any atom is 0.314 e. The second-order valence-corrected chi connectivity index (χ2v) is 5.42. The topological polar surface area (TPSA) is 83.5 Å². The monoisotopic (exact) mass is 329 g/mol. The van der Waals surface area contributed by atoms with Gasteiger partial charge in [0.2, 0.25) is 17.4 Å². The largest absolute Gasteiger partial charge is 0.744 e. The number of rotatable bonds is 4. The van der Waals surface area contributed by atoms with Crippen molar-refractivity contribution in [2.75, 3.05) is 0 Å². The molecule has 0 bridgehead atoms. The number of hydrogen-bond acceptors (Lipinski definition) is 5. The van der Waals surface area contributed by atoms with Gasteiger partial charge in [0.25, 0.3) is 0 Å². The van der Waals surface area contributed by atoms with Crippen molar-refractivity contribution in [3.8, 4) is 5.75 Å². The summed E-state index contributed by atoms with van der Waals surface area (Å²) >= 11 is 0. The Morgan fingerprint density at radius 2 is 1.57 bits per heavy atom. The van der Waals surface area contributed by atoms with Crippen LogP contribution in [0, 0.1) is 29.2 Å². The Kier molecular flexibility index (Phi) is 4.95. The lowest BCUT2D eigenvalue weighted by Crippen LogP contribution is -2.20. The van der Waals surface area contributed by atoms with E-state index in [0.717, 1.165) is 0 Å². The lowest BCUT2D eigenvalue weighted by molar-refractivity contribution is -0.138. The highest BCUT2D eigenvalue weighted by atomic mass is 32.2. The van der Waals surface area contributed by atoms with E-state index >= 15 is 0 Å². The first kappa shape index (κ1) is 17.4. The molecule has 1 aromatic carbocycles. The molecule has 1 unspecified atom stereocenters. The first-order valence-corrected chi connectivity index (χ1v) is 6.96. The summed E-state index contributed by atoms with van der Waals surface area (Å²) in [6.45, 7) is 2.88. The molecular weight excluding hydrogens is 320 g/mol. The zero-order valence-electron chi connectivity index (χ0n) is 10.7. The Morgan fingerprint density at radius 1 is 1.14 bits per heavy atom. The van der Waals surface area contributed by atoms with E-state index in [1.165, 1.54) is 6.92 Å². The minimum absolute atomic E-state index is 0.222. The SMILES string of the molecule is CCC(C)C(=O)Oc1c(F)c(F)c(S(=O)(=O)[O-])c(F)c1F. The molecule has 21 heavy (non-hydrogen) atoms. The summed E-state index contributed by atoms with van der Waals surface area (Å²) in [6.07, 6.45) is 0.222. The van der Waals surface area contributed by atoms with Crippen LogP contribution in [-0.2, 0) is 14.9 Å². The maximum absolute atomic E-state index is 13.5. The summed E-state index contributed by atoms with van der Waals surface area (Å²) in [5, 5.41) is 0. The maximum atomic E-state index is 13.5. The Balaban J connectivity index is 3.49. The van der Waals surface area contributed by atoms with E-state index < -0.39 is 55.9 Å². The number of ether oxygens (including phenoxy) is 1. The molecule has 1 atom stereocenters. The third kappa shape index (κ3) is 3.32. The number of esters is 1. The van der Waals surface area contributed by atoms with E-state index in [2.05, 4.69) is 4.74 Å². The highest BCUT2D eigenvalue weighted by molar-refractivity contribution is 7.85. The van der Waals surface area contributed by atoms with Crippen LogP contribution in [0.5, 0.6) is 5.75 Å². The molecule has 1 aromatic rings. The Hall–Kier alpha value is -1.68. The molecule has 118 valence electrons. The Labute approximate surface area is 117 Å². The quantitative estimate of drug-likeness (QED) is 0.278. The molecule has 0 heterocycles. The van der Waals surface area contributed by atoms with Crippen LogP contribution in [0.2, 0.25) is 0 Å². The summed E-state index contributed by atoms with van der Waals surface area (Å²) in [5.41, 5.74) is 0. The van der Waals surface area contributed by atoms with Gasteiger partial charge in [-0.15, -0.1) is 0 Å². The number of carbonyl (C=O) groups is 1. The third-order valence-electron chi connectivity index (χ3n) is 2.65. The highest BCUT2D eigenvalue weighted by Gasteiger charge is 2.31. The van der Waals surface area contributed by atoms with Crippen molar-refractivity contribution in [2.45, 2.75) is 25.2 Å². The molecule has 0 aliphatic carbocycles. The molecule has 0 aliphatic rings. The summed E-state index contributed by atoms with van der Waals surface area (Å²) < 4.78 is 89.7. The molecule has 0 spiro atoms. The van der Waals surface area contributed by atoms with Gasteiger partial charge >= 0.3 is 5.97 Å². The van der Waals surface area contributed by atoms with E-state index in [-0.39, 0.29) is 6.42 Å². The van der Waals surface area contributed by atoms with E-state index in [1.54, 1.807) is 6.92 Å². The highest BCUT2D eigenvalue weighted by Crippen LogP contribution is 2.32. The van der Waals surface area contributed by atoms with Gasteiger partial charge in [-0.1, -0.05) is 13.8 Å². The van der Waals surface area contributed by atoms with Crippen molar-refractivity contribution >= 4 is 16.1 Å². The fraction of sp³-hybridized carbons (Fsp3) is 0.364. The first-order chi connectivity index (χ1) is 9.52. The van der Waals surface area contributed by atoms with Crippen molar-refractivity contribution in [1.82, 2.24) is 0 Å². The van der Waals surface area contributed by atoms with Gasteiger partial charge in [-0.25, -0.2) is 17.2 Å². The van der Waals surface area contributed by atoms with Crippen molar-refractivity contribution in [2.24, 2.45) is 5.92 Å². The minimum atomic E-state index is -5.80. The molecule has 0 fully saturated rings. The van der Waals surface area contributed by atoms with Crippen LogP contribution in [0.25, 0.3) is 0 Å². The normalized spacial score (nSPS) is 13.1. The second-order valence-electron chi connectivity index (χ2n) is 4.10. The van der Waals surface area contributed by atoms with Gasteiger partial charge in [0.15, 0.2) is 11.6 Å². The fourth-order valence-electron chi connectivity index (χ4n) is 1.27.